The molecular weight excluding hydrogens is 876 g/mol. The van der Waals surface area contributed by atoms with E-state index in [1.165, 1.54) is 263 Å². The number of unbranched alkanes of at least 4 members (excludes halogenated alkanes) is 45. The van der Waals surface area contributed by atoms with Gasteiger partial charge in [0.05, 0.1) is 39.9 Å². The van der Waals surface area contributed by atoms with Crippen LogP contribution in [0.1, 0.15) is 328 Å². The molecule has 0 saturated carbocycles. The molecule has 0 aliphatic carbocycles. The highest BCUT2D eigenvalue weighted by molar-refractivity contribution is 7.45. The van der Waals surface area contributed by atoms with E-state index in [0.29, 0.717) is 23.9 Å². The van der Waals surface area contributed by atoms with Gasteiger partial charge in [-0.1, -0.05) is 309 Å². The molecule has 69 heavy (non-hydrogen) atoms. The maximum Gasteiger partial charge on any atom is 0.268 e. The van der Waals surface area contributed by atoms with Crippen molar-refractivity contribution in [3.63, 3.8) is 0 Å². The Hall–Kier alpha value is -0.500. The molecular formula is C60H123N2O6P. The van der Waals surface area contributed by atoms with Gasteiger partial charge < -0.3 is 28.8 Å². The lowest BCUT2D eigenvalue weighted by Crippen LogP contribution is -2.46. The number of phosphoric acid groups is 1. The molecule has 0 heterocycles. The number of quaternary nitrogens is 1. The average Bonchev–Trinajstić information content (AvgIpc) is 3.31. The largest absolute Gasteiger partial charge is 0.756 e. The van der Waals surface area contributed by atoms with Gasteiger partial charge in [-0.2, -0.15) is 0 Å². The molecule has 0 rings (SSSR count). The van der Waals surface area contributed by atoms with Gasteiger partial charge in [0.15, 0.2) is 0 Å². The van der Waals surface area contributed by atoms with Crippen LogP contribution >= 0.6 is 7.82 Å². The van der Waals surface area contributed by atoms with Crippen LogP contribution in [0.15, 0.2) is 0 Å². The summed E-state index contributed by atoms with van der Waals surface area (Å²) in [6, 6.07) is -0.796. The van der Waals surface area contributed by atoms with Crippen molar-refractivity contribution in [2.75, 3.05) is 40.9 Å². The van der Waals surface area contributed by atoms with Gasteiger partial charge in [0.1, 0.15) is 13.2 Å². The molecule has 0 spiro atoms. The minimum absolute atomic E-state index is 0.0168. The molecule has 3 atom stereocenters. The van der Waals surface area contributed by atoms with Gasteiger partial charge in [0, 0.05) is 6.42 Å². The second-order valence-corrected chi connectivity index (χ2v) is 24.2. The number of aliphatic hydroxyl groups excluding tert-OH is 1. The predicted molar refractivity (Wildman–Crippen MR) is 298 cm³/mol. The fraction of sp³-hybridized carbons (Fsp3) is 0.983. The van der Waals surface area contributed by atoms with Crippen molar-refractivity contribution in [2.45, 2.75) is 341 Å². The Morgan fingerprint density at radius 1 is 0.449 bits per heavy atom. The normalized spacial score (nSPS) is 13.8. The fourth-order valence-electron chi connectivity index (χ4n) is 9.75. The molecule has 0 bridgehead atoms. The standard InChI is InChI=1S/C60H123N2O6P/c1-6-8-10-12-14-16-18-20-22-24-26-28-30-32-33-35-37-39-41-43-45-47-49-51-53-59(63)58(57-68-69(65,66)67-56-55-62(3,4)5)61-60(64)54-52-50-48-46-44-42-40-38-36-34-31-29-27-25-23-21-19-17-15-13-11-9-7-2/h58-59,63H,6-57H2,1-5H3,(H-,61,64,65,66). The second kappa shape index (κ2) is 52.4. The number of phosphoric ester groups is 1. The first-order valence-corrected chi connectivity index (χ1v) is 32.3. The monoisotopic (exact) mass is 999 g/mol. The number of nitrogens with zero attached hydrogens (tertiary/aromatic N) is 1. The Morgan fingerprint density at radius 3 is 0.986 bits per heavy atom. The predicted octanol–water partition coefficient (Wildman–Crippen LogP) is 18.2. The van der Waals surface area contributed by atoms with Gasteiger partial charge in [-0.3, -0.25) is 9.36 Å². The molecule has 0 aromatic heterocycles. The van der Waals surface area contributed by atoms with Gasteiger partial charge >= 0.3 is 0 Å². The van der Waals surface area contributed by atoms with E-state index >= 15 is 0 Å². The molecule has 0 aliphatic heterocycles. The summed E-state index contributed by atoms with van der Waals surface area (Å²) in [5, 5.41) is 14.1. The number of carbonyl (C=O) groups is 1. The van der Waals surface area contributed by atoms with Crippen LogP contribution in [0.2, 0.25) is 0 Å². The van der Waals surface area contributed by atoms with E-state index in [-0.39, 0.29) is 19.1 Å². The van der Waals surface area contributed by atoms with E-state index in [2.05, 4.69) is 19.2 Å². The lowest BCUT2D eigenvalue weighted by molar-refractivity contribution is -0.870. The highest BCUT2D eigenvalue weighted by Crippen LogP contribution is 2.38. The van der Waals surface area contributed by atoms with Crippen molar-refractivity contribution in [3.05, 3.63) is 0 Å². The SMILES string of the molecule is CCCCCCCCCCCCCCCCCCCCCCCCCCC(O)C(COP(=O)([O-])OCC[N+](C)(C)C)NC(=O)CCCCCCCCCCCCCCCCCCCCCCCCC. The fourth-order valence-corrected chi connectivity index (χ4v) is 10.5. The van der Waals surface area contributed by atoms with E-state index in [0.717, 1.165) is 38.5 Å². The van der Waals surface area contributed by atoms with Crippen LogP contribution in [0.4, 0.5) is 0 Å². The molecule has 414 valence electrons. The summed E-state index contributed by atoms with van der Waals surface area (Å²) in [5.41, 5.74) is 0. The van der Waals surface area contributed by atoms with Gasteiger partial charge in [0.2, 0.25) is 5.91 Å². The lowest BCUT2D eigenvalue weighted by Gasteiger charge is -2.30. The minimum atomic E-state index is -4.57. The van der Waals surface area contributed by atoms with Crippen molar-refractivity contribution >= 4 is 13.7 Å². The first kappa shape index (κ1) is 68.5. The van der Waals surface area contributed by atoms with Crippen LogP contribution in [-0.2, 0) is 18.4 Å². The maximum absolute atomic E-state index is 13.0. The summed E-state index contributed by atoms with van der Waals surface area (Å²) < 4.78 is 23.5. The smallest absolute Gasteiger partial charge is 0.268 e. The van der Waals surface area contributed by atoms with Crippen molar-refractivity contribution in [2.24, 2.45) is 0 Å². The van der Waals surface area contributed by atoms with Crippen molar-refractivity contribution in [1.29, 1.82) is 0 Å². The Morgan fingerprint density at radius 2 is 0.710 bits per heavy atom. The summed E-state index contributed by atoms with van der Waals surface area (Å²) in [7, 11) is 1.33. The van der Waals surface area contributed by atoms with Gasteiger partial charge in [-0.05, 0) is 12.8 Å². The molecule has 0 aliphatic rings. The Kier molecular flexibility index (Phi) is 52.0. The van der Waals surface area contributed by atoms with E-state index in [1.54, 1.807) is 0 Å². The van der Waals surface area contributed by atoms with E-state index in [4.69, 9.17) is 9.05 Å². The highest BCUT2D eigenvalue weighted by Gasteiger charge is 2.24. The van der Waals surface area contributed by atoms with Crippen LogP contribution in [0.5, 0.6) is 0 Å². The molecule has 0 aromatic carbocycles. The highest BCUT2D eigenvalue weighted by atomic mass is 31.2. The van der Waals surface area contributed by atoms with Gasteiger partial charge in [-0.25, -0.2) is 0 Å². The number of aliphatic hydroxyl groups is 1. The van der Waals surface area contributed by atoms with Crippen LogP contribution < -0.4 is 10.2 Å². The third-order valence-corrected chi connectivity index (χ3v) is 15.6. The maximum atomic E-state index is 13.0. The van der Waals surface area contributed by atoms with Gasteiger partial charge in [-0.15, -0.1) is 0 Å². The quantitative estimate of drug-likeness (QED) is 0.0357. The number of likely N-dealkylation sites (N-methyl/N-ethyl adjacent to an activating group) is 1. The Labute approximate surface area is 431 Å². The molecule has 1 amide bonds. The molecule has 0 aromatic rings. The summed E-state index contributed by atoms with van der Waals surface area (Å²) >= 11 is 0. The summed E-state index contributed by atoms with van der Waals surface area (Å²) in [5.74, 6) is -0.155. The van der Waals surface area contributed by atoms with Crippen molar-refractivity contribution in [1.82, 2.24) is 5.32 Å². The van der Waals surface area contributed by atoms with Crippen LogP contribution in [0.3, 0.4) is 0 Å². The molecule has 0 saturated heterocycles. The molecule has 2 N–H and O–H groups in total. The zero-order valence-corrected chi connectivity index (χ0v) is 48.2. The summed E-state index contributed by atoms with van der Waals surface area (Å²) in [6.45, 7) is 4.79. The number of amides is 1. The van der Waals surface area contributed by atoms with E-state index in [1.807, 2.05) is 21.1 Å². The van der Waals surface area contributed by atoms with Crippen LogP contribution in [0.25, 0.3) is 0 Å². The lowest BCUT2D eigenvalue weighted by atomic mass is 10.0. The number of nitrogens with one attached hydrogen (secondary N) is 1. The number of hydrogen-bond acceptors (Lipinski definition) is 6. The molecule has 8 nitrogen and oxygen atoms in total. The van der Waals surface area contributed by atoms with Crippen LogP contribution in [0, 0.1) is 0 Å². The number of carbonyl (C=O) groups excluding carboxylic acids is 1. The summed E-state index contributed by atoms with van der Waals surface area (Å²) in [4.78, 5) is 25.6. The molecule has 0 fully saturated rings. The Balaban J connectivity index is 4.08. The second-order valence-electron chi connectivity index (χ2n) is 22.8. The molecule has 0 radical (unpaired) electrons. The molecule has 3 unspecified atom stereocenters. The summed E-state index contributed by atoms with van der Waals surface area (Å²) in [6.07, 6.45) is 62.9. The first-order valence-electron chi connectivity index (χ1n) is 30.9. The zero-order chi connectivity index (χ0) is 50.6. The molecule has 9 heteroatoms. The van der Waals surface area contributed by atoms with E-state index in [9.17, 15) is 19.4 Å². The van der Waals surface area contributed by atoms with Crippen molar-refractivity contribution < 1.29 is 32.9 Å². The first-order chi connectivity index (χ1) is 33.5. The number of rotatable bonds is 58. The van der Waals surface area contributed by atoms with Gasteiger partial charge in [0.25, 0.3) is 7.82 Å². The zero-order valence-electron chi connectivity index (χ0n) is 47.3. The van der Waals surface area contributed by atoms with Crippen LogP contribution in [-0.4, -0.2) is 68.5 Å². The van der Waals surface area contributed by atoms with E-state index < -0.39 is 20.0 Å². The minimum Gasteiger partial charge on any atom is -0.756 e. The van der Waals surface area contributed by atoms with Crippen molar-refractivity contribution in [3.8, 4) is 0 Å². The third-order valence-electron chi connectivity index (χ3n) is 14.6. The number of hydrogen-bond donors (Lipinski definition) is 2. The average molecular weight is 1000 g/mol. The third kappa shape index (κ3) is 55.1. The Bertz CT molecular complexity index is 1090. The topological polar surface area (TPSA) is 108 Å².